The Balaban J connectivity index is 1.66. The molecule has 104 valence electrons. The predicted molar refractivity (Wildman–Crippen MR) is 74.1 cm³/mol. The van der Waals surface area contributed by atoms with Gasteiger partial charge in [0.05, 0.1) is 6.10 Å². The number of rotatable bonds is 3. The molecular weight excluding hydrogens is 242 g/mol. The largest absolute Gasteiger partial charge is 0.486 e. The van der Waals surface area contributed by atoms with Crippen molar-refractivity contribution < 1.29 is 14.2 Å². The molecule has 0 saturated heterocycles. The molecule has 1 fully saturated rings. The molecule has 0 radical (unpaired) electrons. The molecule has 1 aliphatic carbocycles. The third kappa shape index (κ3) is 2.95. The number of hydrogen-bond acceptors (Lipinski definition) is 4. The predicted octanol–water partition coefficient (Wildman–Crippen LogP) is 2.83. The zero-order valence-corrected chi connectivity index (χ0v) is 11.4. The number of anilines is 1. The third-order valence-corrected chi connectivity index (χ3v) is 3.87. The summed E-state index contributed by atoms with van der Waals surface area (Å²) in [4.78, 5) is 0. The van der Waals surface area contributed by atoms with E-state index in [1.165, 1.54) is 19.3 Å². The van der Waals surface area contributed by atoms with Crippen molar-refractivity contribution in [2.24, 2.45) is 0 Å². The van der Waals surface area contributed by atoms with Crippen LogP contribution in [-0.4, -0.2) is 32.5 Å². The zero-order valence-electron chi connectivity index (χ0n) is 11.4. The second-order valence-corrected chi connectivity index (χ2v) is 5.22. The Morgan fingerprint density at radius 1 is 1.16 bits per heavy atom. The Labute approximate surface area is 114 Å². The number of methoxy groups -OCH3 is 1. The summed E-state index contributed by atoms with van der Waals surface area (Å²) < 4.78 is 16.6. The normalized spacial score (nSPS) is 25.9. The summed E-state index contributed by atoms with van der Waals surface area (Å²) in [6.07, 6.45) is 5.07. The van der Waals surface area contributed by atoms with E-state index in [0.29, 0.717) is 25.4 Å². The van der Waals surface area contributed by atoms with Crippen LogP contribution in [0.3, 0.4) is 0 Å². The fourth-order valence-corrected chi connectivity index (χ4v) is 2.86. The van der Waals surface area contributed by atoms with E-state index < -0.39 is 0 Å². The smallest absolute Gasteiger partial charge is 0.163 e. The summed E-state index contributed by atoms with van der Waals surface area (Å²) in [6.45, 7) is 1.27. The third-order valence-electron chi connectivity index (χ3n) is 3.87. The number of benzene rings is 1. The summed E-state index contributed by atoms with van der Waals surface area (Å²) in [6, 6.07) is 6.56. The molecule has 0 aromatic heterocycles. The second-order valence-electron chi connectivity index (χ2n) is 5.22. The van der Waals surface area contributed by atoms with Crippen LogP contribution in [0, 0.1) is 0 Å². The Kier molecular flexibility index (Phi) is 3.78. The van der Waals surface area contributed by atoms with Crippen LogP contribution in [0.1, 0.15) is 25.7 Å². The van der Waals surface area contributed by atoms with E-state index in [1.807, 2.05) is 12.1 Å². The van der Waals surface area contributed by atoms with E-state index in [1.54, 1.807) is 7.11 Å². The molecule has 1 aromatic rings. The molecular formula is C15H21NO3. The first-order valence-corrected chi connectivity index (χ1v) is 7.04. The van der Waals surface area contributed by atoms with Crippen molar-refractivity contribution >= 4 is 5.69 Å². The number of hydrogen-bond donors (Lipinski definition) is 1. The van der Waals surface area contributed by atoms with Crippen LogP contribution < -0.4 is 14.8 Å². The van der Waals surface area contributed by atoms with Gasteiger partial charge in [0.2, 0.25) is 0 Å². The van der Waals surface area contributed by atoms with Crippen molar-refractivity contribution in [3.8, 4) is 11.5 Å². The highest BCUT2D eigenvalue weighted by Crippen LogP contribution is 2.33. The molecule has 2 unspecified atom stereocenters. The average Bonchev–Trinajstić information content (AvgIpc) is 2.47. The summed E-state index contributed by atoms with van der Waals surface area (Å²) >= 11 is 0. The van der Waals surface area contributed by atoms with Gasteiger partial charge in [0.1, 0.15) is 13.2 Å². The lowest BCUT2D eigenvalue weighted by atomic mass is 9.92. The monoisotopic (exact) mass is 263 g/mol. The molecule has 4 nitrogen and oxygen atoms in total. The van der Waals surface area contributed by atoms with Crippen LogP contribution in [0.25, 0.3) is 0 Å². The lowest BCUT2D eigenvalue weighted by Crippen LogP contribution is -2.31. The van der Waals surface area contributed by atoms with E-state index >= 15 is 0 Å². The molecule has 1 N–H and O–H groups in total. The van der Waals surface area contributed by atoms with E-state index in [4.69, 9.17) is 14.2 Å². The van der Waals surface area contributed by atoms with Gasteiger partial charge in [-0.1, -0.05) is 0 Å². The van der Waals surface area contributed by atoms with Gasteiger partial charge in [0.25, 0.3) is 0 Å². The van der Waals surface area contributed by atoms with E-state index in [0.717, 1.165) is 23.6 Å². The van der Waals surface area contributed by atoms with E-state index in [2.05, 4.69) is 11.4 Å². The fourth-order valence-electron chi connectivity index (χ4n) is 2.86. The Hall–Kier alpha value is -1.42. The minimum Gasteiger partial charge on any atom is -0.486 e. The summed E-state index contributed by atoms with van der Waals surface area (Å²) in [5, 5.41) is 3.58. The maximum atomic E-state index is 5.61. The fraction of sp³-hybridized carbons (Fsp3) is 0.600. The van der Waals surface area contributed by atoms with Crippen LogP contribution in [-0.2, 0) is 4.74 Å². The van der Waals surface area contributed by atoms with Crippen LogP contribution in [0.15, 0.2) is 18.2 Å². The van der Waals surface area contributed by atoms with Crippen molar-refractivity contribution in [3.05, 3.63) is 18.2 Å². The molecule has 3 rings (SSSR count). The highest BCUT2D eigenvalue weighted by molar-refractivity contribution is 5.55. The van der Waals surface area contributed by atoms with Crippen molar-refractivity contribution in [2.45, 2.75) is 37.8 Å². The molecule has 0 spiro atoms. The Morgan fingerprint density at radius 3 is 2.84 bits per heavy atom. The van der Waals surface area contributed by atoms with Gasteiger partial charge in [-0.3, -0.25) is 0 Å². The van der Waals surface area contributed by atoms with Gasteiger partial charge in [-0.05, 0) is 37.8 Å². The first-order chi connectivity index (χ1) is 9.35. The minimum atomic E-state index is 0.392. The van der Waals surface area contributed by atoms with Crippen LogP contribution in [0.4, 0.5) is 5.69 Å². The second kappa shape index (κ2) is 5.70. The minimum absolute atomic E-state index is 0.392. The molecule has 2 aliphatic rings. The number of ether oxygens (including phenoxy) is 3. The molecule has 2 atom stereocenters. The van der Waals surface area contributed by atoms with Gasteiger partial charge in [0, 0.05) is 24.9 Å². The quantitative estimate of drug-likeness (QED) is 0.910. The summed E-state index contributed by atoms with van der Waals surface area (Å²) in [5.41, 5.74) is 1.10. The molecule has 1 aliphatic heterocycles. The van der Waals surface area contributed by atoms with Crippen molar-refractivity contribution in [1.82, 2.24) is 0 Å². The molecule has 1 heterocycles. The average molecular weight is 263 g/mol. The molecule has 1 aromatic carbocycles. The van der Waals surface area contributed by atoms with Gasteiger partial charge in [-0.25, -0.2) is 0 Å². The Morgan fingerprint density at radius 2 is 2.00 bits per heavy atom. The lowest BCUT2D eigenvalue weighted by molar-refractivity contribution is 0.0669. The van der Waals surface area contributed by atoms with Crippen molar-refractivity contribution in [3.63, 3.8) is 0 Å². The van der Waals surface area contributed by atoms with Crippen LogP contribution in [0.2, 0.25) is 0 Å². The first-order valence-electron chi connectivity index (χ1n) is 7.04. The zero-order chi connectivity index (χ0) is 13.1. The van der Waals surface area contributed by atoms with E-state index in [9.17, 15) is 0 Å². The standard InChI is InChI=1S/C15H21NO3/c1-17-13-4-2-3-11(9-13)16-12-5-6-14-15(10-12)19-8-7-18-14/h5-6,10-11,13,16H,2-4,7-9H2,1H3. The van der Waals surface area contributed by atoms with Gasteiger partial charge in [0.15, 0.2) is 11.5 Å². The molecule has 19 heavy (non-hydrogen) atoms. The Bertz CT molecular complexity index is 435. The first kappa shape index (κ1) is 12.6. The molecule has 4 heteroatoms. The SMILES string of the molecule is COC1CCCC(Nc2ccc3c(c2)OCCO3)C1. The van der Waals surface area contributed by atoms with Gasteiger partial charge in [-0.15, -0.1) is 0 Å². The number of fused-ring (bicyclic) bond motifs is 1. The van der Waals surface area contributed by atoms with Crippen molar-refractivity contribution in [1.29, 1.82) is 0 Å². The van der Waals surface area contributed by atoms with E-state index in [-0.39, 0.29) is 0 Å². The van der Waals surface area contributed by atoms with Gasteiger partial charge in [-0.2, -0.15) is 0 Å². The number of nitrogens with one attached hydrogen (secondary N) is 1. The maximum Gasteiger partial charge on any atom is 0.163 e. The highest BCUT2D eigenvalue weighted by atomic mass is 16.6. The van der Waals surface area contributed by atoms with Crippen molar-refractivity contribution in [2.75, 3.05) is 25.6 Å². The topological polar surface area (TPSA) is 39.7 Å². The highest BCUT2D eigenvalue weighted by Gasteiger charge is 2.22. The summed E-state index contributed by atoms with van der Waals surface area (Å²) in [5.74, 6) is 1.69. The van der Waals surface area contributed by atoms with Gasteiger partial charge >= 0.3 is 0 Å². The van der Waals surface area contributed by atoms with Crippen LogP contribution in [0.5, 0.6) is 11.5 Å². The lowest BCUT2D eigenvalue weighted by Gasteiger charge is -2.30. The van der Waals surface area contributed by atoms with Gasteiger partial charge < -0.3 is 19.5 Å². The maximum absolute atomic E-state index is 5.61. The summed E-state index contributed by atoms with van der Waals surface area (Å²) in [7, 11) is 1.80. The molecule has 0 amide bonds. The molecule has 0 bridgehead atoms. The van der Waals surface area contributed by atoms with Crippen LogP contribution >= 0.6 is 0 Å². The molecule has 1 saturated carbocycles.